The highest BCUT2D eigenvalue weighted by molar-refractivity contribution is 9.10. The van der Waals surface area contributed by atoms with Gasteiger partial charge in [-0.05, 0) is 52.3 Å². The van der Waals surface area contributed by atoms with Crippen molar-refractivity contribution in [1.29, 1.82) is 0 Å². The molecular formula is C22H13BrCl2F3N2O6PS2. The number of hydrogen-bond donors (Lipinski definition) is 3. The number of benzene rings is 3. The molecule has 3 aromatic carbocycles. The molecule has 0 fully saturated rings. The Labute approximate surface area is 241 Å². The van der Waals surface area contributed by atoms with Crippen molar-refractivity contribution >= 4 is 89.8 Å². The van der Waals surface area contributed by atoms with E-state index in [1.54, 1.807) is 0 Å². The smallest absolute Gasteiger partial charge is 0.391 e. The summed E-state index contributed by atoms with van der Waals surface area (Å²) in [4.78, 5) is 22.9. The molecule has 17 heteroatoms. The minimum atomic E-state index is -4.68. The summed E-state index contributed by atoms with van der Waals surface area (Å²) >= 11 is 16.1. The van der Waals surface area contributed by atoms with Crippen molar-refractivity contribution in [3.05, 3.63) is 86.1 Å². The summed E-state index contributed by atoms with van der Waals surface area (Å²) in [5, 5.41) is 2.88. The van der Waals surface area contributed by atoms with Crippen LogP contribution >= 0.6 is 58.1 Å². The number of sulfonamides is 1. The molecule has 206 valence electrons. The Bertz CT molecular complexity index is 1730. The quantitative estimate of drug-likeness (QED) is 0.168. The van der Waals surface area contributed by atoms with Crippen molar-refractivity contribution in [3.63, 3.8) is 0 Å². The monoisotopic (exact) mass is 702 g/mol. The van der Waals surface area contributed by atoms with Crippen molar-refractivity contribution in [3.8, 4) is 5.75 Å². The first-order valence-corrected chi connectivity index (χ1v) is 15.9. The summed E-state index contributed by atoms with van der Waals surface area (Å²) in [6.45, 7) is 0. The fourth-order valence-electron chi connectivity index (χ4n) is 3.18. The molecule has 0 aliphatic carbocycles. The fourth-order valence-corrected chi connectivity index (χ4v) is 8.10. The lowest BCUT2D eigenvalue weighted by molar-refractivity contribution is 0.102. The minimum absolute atomic E-state index is 0.117. The number of fused-ring (bicyclic) bond motifs is 1. The Morgan fingerprint density at radius 2 is 1.69 bits per heavy atom. The lowest BCUT2D eigenvalue weighted by Gasteiger charge is -2.15. The summed E-state index contributed by atoms with van der Waals surface area (Å²) in [5.41, 5.74) is -1.18. The molecule has 4 rings (SSSR count). The molecule has 0 radical (unpaired) electrons. The van der Waals surface area contributed by atoms with Crippen LogP contribution in [0.3, 0.4) is 0 Å². The van der Waals surface area contributed by atoms with E-state index in [0.717, 1.165) is 17.4 Å². The number of carbonyl (C=O) groups excluding carboxylic acids is 1. The maximum atomic E-state index is 13.9. The molecule has 0 saturated heterocycles. The molecule has 0 bridgehead atoms. The molecule has 0 saturated carbocycles. The SMILES string of the molecule is O=C(Nc1c(F)cc(F)cc1F)c1cc(OP(=O)(O)CNS(=O)(=O)c2cc3c(Cl)ccc(Cl)c3s2)ccc1Br. The fraction of sp³-hybridized carbons (Fsp3) is 0.0455. The van der Waals surface area contributed by atoms with E-state index in [4.69, 9.17) is 27.7 Å². The van der Waals surface area contributed by atoms with Crippen LogP contribution in [0.4, 0.5) is 18.9 Å². The Hall–Kier alpha value is -2.16. The predicted molar refractivity (Wildman–Crippen MR) is 146 cm³/mol. The molecule has 4 aromatic rings. The highest BCUT2D eigenvalue weighted by Crippen LogP contribution is 2.43. The minimum Gasteiger partial charge on any atom is -0.424 e. The molecule has 1 heterocycles. The first kappa shape index (κ1) is 29.8. The molecule has 1 atom stereocenters. The number of hydrogen-bond acceptors (Lipinski definition) is 6. The molecule has 39 heavy (non-hydrogen) atoms. The second-order valence-corrected chi connectivity index (χ2v) is 14.2. The number of anilines is 1. The average molecular weight is 704 g/mol. The second kappa shape index (κ2) is 11.4. The van der Waals surface area contributed by atoms with Crippen molar-refractivity contribution in [2.75, 3.05) is 11.6 Å². The van der Waals surface area contributed by atoms with E-state index >= 15 is 0 Å². The molecule has 3 N–H and O–H groups in total. The molecule has 1 amide bonds. The van der Waals surface area contributed by atoms with Gasteiger partial charge in [0.05, 0.1) is 15.3 Å². The van der Waals surface area contributed by atoms with Gasteiger partial charge in [-0.15, -0.1) is 11.3 Å². The van der Waals surface area contributed by atoms with Gasteiger partial charge in [-0.3, -0.25) is 4.79 Å². The van der Waals surface area contributed by atoms with Gasteiger partial charge in [0.2, 0.25) is 0 Å². The summed E-state index contributed by atoms with van der Waals surface area (Å²) < 4.78 is 86.5. The van der Waals surface area contributed by atoms with Crippen LogP contribution in [0, 0.1) is 17.5 Å². The largest absolute Gasteiger partial charge is 0.424 e. The van der Waals surface area contributed by atoms with Crippen LogP contribution in [0.1, 0.15) is 10.4 Å². The zero-order valence-electron chi connectivity index (χ0n) is 18.8. The summed E-state index contributed by atoms with van der Waals surface area (Å²) in [5.74, 6) is -5.31. The first-order valence-electron chi connectivity index (χ1n) is 10.3. The van der Waals surface area contributed by atoms with E-state index in [1.165, 1.54) is 30.3 Å². The Morgan fingerprint density at radius 3 is 2.33 bits per heavy atom. The van der Waals surface area contributed by atoms with Crippen LogP contribution < -0.4 is 14.6 Å². The van der Waals surface area contributed by atoms with Gasteiger partial charge < -0.3 is 14.7 Å². The highest BCUT2D eigenvalue weighted by atomic mass is 79.9. The first-order chi connectivity index (χ1) is 18.2. The zero-order valence-corrected chi connectivity index (χ0v) is 24.5. The van der Waals surface area contributed by atoms with Gasteiger partial charge in [-0.1, -0.05) is 23.2 Å². The second-order valence-electron chi connectivity index (χ2n) is 7.71. The molecule has 1 unspecified atom stereocenters. The van der Waals surface area contributed by atoms with E-state index in [-0.39, 0.29) is 30.0 Å². The maximum absolute atomic E-state index is 13.9. The third-order valence-electron chi connectivity index (χ3n) is 4.95. The number of amides is 1. The Balaban J connectivity index is 1.50. The van der Waals surface area contributed by atoms with E-state index in [9.17, 15) is 35.8 Å². The maximum Gasteiger partial charge on any atom is 0.391 e. The molecule has 0 spiro atoms. The van der Waals surface area contributed by atoms with Crippen LogP contribution in [0.5, 0.6) is 5.75 Å². The molecule has 0 aliphatic rings. The Kier molecular flexibility index (Phi) is 8.70. The number of halogens is 6. The van der Waals surface area contributed by atoms with Crippen molar-refractivity contribution in [1.82, 2.24) is 4.72 Å². The third-order valence-corrected chi connectivity index (χ3v) is 10.7. The van der Waals surface area contributed by atoms with Gasteiger partial charge in [0, 0.05) is 27.0 Å². The lowest BCUT2D eigenvalue weighted by atomic mass is 10.2. The van der Waals surface area contributed by atoms with E-state index < -0.39 is 53.0 Å². The van der Waals surface area contributed by atoms with E-state index in [1.807, 2.05) is 10.0 Å². The normalized spacial score (nSPS) is 13.3. The van der Waals surface area contributed by atoms with Gasteiger partial charge in [0.25, 0.3) is 15.9 Å². The summed E-state index contributed by atoms with van der Waals surface area (Å²) in [6, 6.07) is 8.43. The standard InChI is InChI=1S/C22H13BrCl2F3N2O6PS2/c23-14-2-1-11(7-12(14)22(31)30-20-17(27)5-10(26)6-18(20)28)36-37(32,33)9-29-39(34,35)19-8-13-15(24)3-4-16(25)21(13)38-19/h1-8,29H,9H2,(H,30,31)(H,32,33). The zero-order chi connectivity index (χ0) is 28.7. The van der Waals surface area contributed by atoms with Gasteiger partial charge >= 0.3 is 7.60 Å². The number of rotatable bonds is 8. The topological polar surface area (TPSA) is 122 Å². The highest BCUT2D eigenvalue weighted by Gasteiger charge is 2.28. The van der Waals surface area contributed by atoms with Crippen LogP contribution in [0.25, 0.3) is 10.1 Å². The average Bonchev–Trinajstić information content (AvgIpc) is 3.32. The predicted octanol–water partition coefficient (Wildman–Crippen LogP) is 7.14. The van der Waals surface area contributed by atoms with Gasteiger partial charge in [-0.25, -0.2) is 26.2 Å². The van der Waals surface area contributed by atoms with Crippen molar-refractivity contribution in [2.24, 2.45) is 0 Å². The van der Waals surface area contributed by atoms with Gasteiger partial charge in [0.1, 0.15) is 27.7 Å². The van der Waals surface area contributed by atoms with E-state index in [0.29, 0.717) is 22.2 Å². The molecule has 8 nitrogen and oxygen atoms in total. The van der Waals surface area contributed by atoms with E-state index in [2.05, 4.69) is 15.9 Å². The molecular weight excluding hydrogens is 691 g/mol. The van der Waals surface area contributed by atoms with Crippen molar-refractivity contribution < 1.29 is 40.4 Å². The summed E-state index contributed by atoms with van der Waals surface area (Å²) in [6.07, 6.45) is -1.05. The van der Waals surface area contributed by atoms with Crippen LogP contribution in [0.2, 0.25) is 10.0 Å². The molecule has 1 aromatic heterocycles. The number of thiophene rings is 1. The Morgan fingerprint density at radius 1 is 1.05 bits per heavy atom. The number of nitrogens with one attached hydrogen (secondary N) is 2. The van der Waals surface area contributed by atoms with Gasteiger partial charge in [-0.2, -0.15) is 4.72 Å². The van der Waals surface area contributed by atoms with Crippen LogP contribution in [-0.2, 0) is 14.6 Å². The lowest BCUT2D eigenvalue weighted by Crippen LogP contribution is -2.25. The summed E-state index contributed by atoms with van der Waals surface area (Å²) in [7, 11) is -8.97. The van der Waals surface area contributed by atoms with Crippen LogP contribution in [-0.4, -0.2) is 25.5 Å². The number of carbonyl (C=O) groups is 1. The van der Waals surface area contributed by atoms with Crippen LogP contribution in [0.15, 0.2) is 57.2 Å². The van der Waals surface area contributed by atoms with Crippen molar-refractivity contribution in [2.45, 2.75) is 4.21 Å². The van der Waals surface area contributed by atoms with Gasteiger partial charge in [0.15, 0.2) is 11.6 Å². The molecule has 0 aliphatic heterocycles. The third kappa shape index (κ3) is 6.77.